The Morgan fingerprint density at radius 1 is 1.11 bits per heavy atom. The minimum Gasteiger partial charge on any atom is -0.382 e. The van der Waals surface area contributed by atoms with E-state index in [0.29, 0.717) is 5.69 Å². The van der Waals surface area contributed by atoms with Crippen LogP contribution in [0.25, 0.3) is 0 Å². The summed E-state index contributed by atoms with van der Waals surface area (Å²) in [6.07, 6.45) is 0. The number of benzene rings is 2. The number of carbonyl (C=O) groups is 2. The number of hydrogen-bond acceptors (Lipinski definition) is 5. The van der Waals surface area contributed by atoms with Crippen molar-refractivity contribution in [2.75, 3.05) is 16.4 Å². The molecule has 0 radical (unpaired) electrons. The van der Waals surface area contributed by atoms with Crippen LogP contribution in [0.3, 0.4) is 0 Å². The summed E-state index contributed by atoms with van der Waals surface area (Å²) in [6, 6.07) is 12.7. The molecule has 8 nitrogen and oxygen atoms in total. The highest BCUT2D eigenvalue weighted by Gasteiger charge is 2.19. The standard InChI is InChI=1S/C18H17FN6O2/c1-11-5-7-13(8-6-11)21-15(26)10-25-17(20)16(23-24-25)18(27)22-14-4-2-3-12(19)9-14/h2-9H,10,20H2,1H3,(H,21,26)(H,22,27). The van der Waals surface area contributed by atoms with Gasteiger partial charge in [-0.25, -0.2) is 9.07 Å². The fourth-order valence-electron chi connectivity index (χ4n) is 2.33. The van der Waals surface area contributed by atoms with Gasteiger partial charge in [-0.05, 0) is 37.3 Å². The first-order valence-corrected chi connectivity index (χ1v) is 8.05. The van der Waals surface area contributed by atoms with Gasteiger partial charge in [-0.1, -0.05) is 29.0 Å². The SMILES string of the molecule is Cc1ccc(NC(=O)Cn2nnc(C(=O)Nc3cccc(F)c3)c2N)cc1. The number of nitrogens with one attached hydrogen (secondary N) is 2. The van der Waals surface area contributed by atoms with Gasteiger partial charge in [0.2, 0.25) is 5.91 Å². The van der Waals surface area contributed by atoms with Gasteiger partial charge in [0, 0.05) is 11.4 Å². The van der Waals surface area contributed by atoms with Gasteiger partial charge in [-0.15, -0.1) is 5.10 Å². The molecule has 0 aliphatic rings. The summed E-state index contributed by atoms with van der Waals surface area (Å²) in [7, 11) is 0. The number of aryl methyl sites for hydroxylation is 1. The van der Waals surface area contributed by atoms with E-state index in [1.807, 2.05) is 19.1 Å². The maximum absolute atomic E-state index is 13.2. The monoisotopic (exact) mass is 368 g/mol. The average molecular weight is 368 g/mol. The van der Waals surface area contributed by atoms with Crippen molar-refractivity contribution in [1.29, 1.82) is 0 Å². The van der Waals surface area contributed by atoms with Crippen LogP contribution in [0.4, 0.5) is 21.6 Å². The molecule has 3 rings (SSSR count). The Morgan fingerprint density at radius 2 is 1.85 bits per heavy atom. The minimum absolute atomic E-state index is 0.0667. The summed E-state index contributed by atoms with van der Waals surface area (Å²) < 4.78 is 14.3. The molecule has 138 valence electrons. The van der Waals surface area contributed by atoms with Crippen molar-refractivity contribution < 1.29 is 14.0 Å². The molecule has 0 aliphatic heterocycles. The lowest BCUT2D eigenvalue weighted by molar-refractivity contribution is -0.116. The van der Waals surface area contributed by atoms with E-state index in [9.17, 15) is 14.0 Å². The molecule has 0 spiro atoms. The van der Waals surface area contributed by atoms with E-state index in [0.717, 1.165) is 16.3 Å². The van der Waals surface area contributed by atoms with Crippen molar-refractivity contribution >= 4 is 29.0 Å². The fraction of sp³-hybridized carbons (Fsp3) is 0.111. The molecular formula is C18H17FN6O2. The zero-order valence-electron chi connectivity index (χ0n) is 14.4. The number of nitrogens with zero attached hydrogens (tertiary/aromatic N) is 3. The number of carbonyl (C=O) groups excluding carboxylic acids is 2. The van der Waals surface area contributed by atoms with Gasteiger partial charge in [0.25, 0.3) is 5.91 Å². The minimum atomic E-state index is -0.650. The van der Waals surface area contributed by atoms with Gasteiger partial charge in [0.05, 0.1) is 0 Å². The number of nitrogen functional groups attached to an aromatic ring is 1. The molecule has 9 heteroatoms. The van der Waals surface area contributed by atoms with Gasteiger partial charge in [0.15, 0.2) is 11.5 Å². The molecule has 0 saturated heterocycles. The van der Waals surface area contributed by atoms with Crippen LogP contribution < -0.4 is 16.4 Å². The van der Waals surface area contributed by atoms with E-state index in [-0.39, 0.29) is 29.7 Å². The number of nitrogens with two attached hydrogens (primary N) is 1. The smallest absolute Gasteiger partial charge is 0.280 e. The third-order valence-electron chi connectivity index (χ3n) is 3.70. The highest BCUT2D eigenvalue weighted by molar-refractivity contribution is 6.05. The fourth-order valence-corrected chi connectivity index (χ4v) is 2.33. The third kappa shape index (κ3) is 4.46. The second-order valence-corrected chi connectivity index (χ2v) is 5.86. The van der Waals surface area contributed by atoms with Crippen molar-refractivity contribution in [1.82, 2.24) is 15.0 Å². The molecule has 2 amide bonds. The largest absolute Gasteiger partial charge is 0.382 e. The highest BCUT2D eigenvalue weighted by atomic mass is 19.1. The molecule has 0 atom stereocenters. The van der Waals surface area contributed by atoms with E-state index < -0.39 is 11.7 Å². The summed E-state index contributed by atoms with van der Waals surface area (Å²) in [6.45, 7) is 1.73. The number of rotatable bonds is 5. The van der Waals surface area contributed by atoms with Gasteiger partial charge < -0.3 is 16.4 Å². The zero-order chi connectivity index (χ0) is 19.4. The molecule has 0 fully saturated rings. The van der Waals surface area contributed by atoms with Crippen LogP contribution in [0.2, 0.25) is 0 Å². The van der Waals surface area contributed by atoms with Gasteiger partial charge >= 0.3 is 0 Å². The average Bonchev–Trinajstić information content (AvgIpc) is 2.97. The highest BCUT2D eigenvalue weighted by Crippen LogP contribution is 2.14. The van der Waals surface area contributed by atoms with E-state index in [2.05, 4.69) is 20.9 Å². The van der Waals surface area contributed by atoms with Crippen LogP contribution in [0, 0.1) is 12.7 Å². The van der Waals surface area contributed by atoms with E-state index in [4.69, 9.17) is 5.73 Å². The van der Waals surface area contributed by atoms with Crippen LogP contribution in [0.1, 0.15) is 16.1 Å². The normalized spacial score (nSPS) is 10.4. The molecule has 1 aromatic heterocycles. The number of aromatic nitrogens is 3. The molecular weight excluding hydrogens is 351 g/mol. The Kier molecular flexibility index (Phi) is 5.11. The summed E-state index contributed by atoms with van der Waals surface area (Å²) in [5, 5.41) is 12.6. The number of hydrogen-bond donors (Lipinski definition) is 3. The predicted molar refractivity (Wildman–Crippen MR) is 98.6 cm³/mol. The lowest BCUT2D eigenvalue weighted by atomic mass is 10.2. The van der Waals surface area contributed by atoms with Crippen LogP contribution in [0.15, 0.2) is 48.5 Å². The molecule has 27 heavy (non-hydrogen) atoms. The Bertz CT molecular complexity index is 984. The second-order valence-electron chi connectivity index (χ2n) is 5.86. The van der Waals surface area contributed by atoms with Gasteiger partial charge in [-0.3, -0.25) is 9.59 Å². The Morgan fingerprint density at radius 3 is 2.56 bits per heavy atom. The van der Waals surface area contributed by atoms with Crippen molar-refractivity contribution in [3.63, 3.8) is 0 Å². The van der Waals surface area contributed by atoms with Gasteiger partial charge in [-0.2, -0.15) is 0 Å². The Labute approximate surface area is 154 Å². The number of amides is 2. The van der Waals surface area contributed by atoms with Crippen molar-refractivity contribution in [2.45, 2.75) is 13.5 Å². The molecule has 4 N–H and O–H groups in total. The van der Waals surface area contributed by atoms with Crippen molar-refractivity contribution in [3.8, 4) is 0 Å². The molecule has 0 unspecified atom stereocenters. The molecule has 0 bridgehead atoms. The van der Waals surface area contributed by atoms with Crippen LogP contribution in [-0.4, -0.2) is 26.8 Å². The quantitative estimate of drug-likeness (QED) is 0.639. The van der Waals surface area contributed by atoms with Gasteiger partial charge in [0.1, 0.15) is 12.4 Å². The topological polar surface area (TPSA) is 115 Å². The molecule has 2 aromatic carbocycles. The van der Waals surface area contributed by atoms with E-state index in [1.165, 1.54) is 18.2 Å². The van der Waals surface area contributed by atoms with Crippen molar-refractivity contribution in [2.24, 2.45) is 0 Å². The lowest BCUT2D eigenvalue weighted by Crippen LogP contribution is -2.21. The third-order valence-corrected chi connectivity index (χ3v) is 3.70. The predicted octanol–water partition coefficient (Wildman–Crippen LogP) is 2.20. The maximum Gasteiger partial charge on any atom is 0.280 e. The molecule has 3 aromatic rings. The van der Waals surface area contributed by atoms with Crippen molar-refractivity contribution in [3.05, 3.63) is 65.6 Å². The van der Waals surface area contributed by atoms with Crippen LogP contribution >= 0.6 is 0 Å². The van der Waals surface area contributed by atoms with Crippen LogP contribution in [0.5, 0.6) is 0 Å². The summed E-state index contributed by atoms with van der Waals surface area (Å²) in [5.41, 5.74) is 7.68. The lowest BCUT2D eigenvalue weighted by Gasteiger charge is -2.07. The number of anilines is 3. The number of halogens is 1. The Hall–Kier alpha value is -3.75. The van der Waals surface area contributed by atoms with E-state index in [1.54, 1.807) is 12.1 Å². The second kappa shape index (κ2) is 7.65. The summed E-state index contributed by atoms with van der Waals surface area (Å²) >= 11 is 0. The Balaban J connectivity index is 1.66. The maximum atomic E-state index is 13.2. The first kappa shape index (κ1) is 18.1. The van der Waals surface area contributed by atoms with Crippen LogP contribution in [-0.2, 0) is 11.3 Å². The molecule has 0 saturated carbocycles. The van der Waals surface area contributed by atoms with E-state index >= 15 is 0 Å². The summed E-state index contributed by atoms with van der Waals surface area (Å²) in [4.78, 5) is 24.4. The first-order valence-electron chi connectivity index (χ1n) is 8.05. The first-order chi connectivity index (χ1) is 12.9. The zero-order valence-corrected chi connectivity index (χ0v) is 14.4. The molecule has 0 aliphatic carbocycles. The summed E-state index contributed by atoms with van der Waals surface area (Å²) in [5.74, 6) is -1.57. The molecule has 1 heterocycles.